The Hall–Kier alpha value is -1.57. The summed E-state index contributed by atoms with van der Waals surface area (Å²) in [5, 5.41) is 0. The van der Waals surface area contributed by atoms with Gasteiger partial charge in [-0.3, -0.25) is 4.79 Å². The van der Waals surface area contributed by atoms with E-state index in [0.29, 0.717) is 25.2 Å². The average molecular weight is 321 g/mol. The van der Waals surface area contributed by atoms with Crippen LogP contribution in [0.25, 0.3) is 0 Å². The third-order valence-electron chi connectivity index (χ3n) is 3.49. The summed E-state index contributed by atoms with van der Waals surface area (Å²) in [5.41, 5.74) is -4.70. The van der Waals surface area contributed by atoms with E-state index in [0.717, 1.165) is 12.1 Å². The maximum absolute atomic E-state index is 12.4. The SMILES string of the molecule is CC1CN(c2ccc(S(=O)(=O)C(F)(F)F)cc2)CCC1=O. The number of alkyl halides is 3. The Morgan fingerprint density at radius 3 is 2.24 bits per heavy atom. The Kier molecular flexibility index (Phi) is 4.01. The van der Waals surface area contributed by atoms with Gasteiger partial charge in [0.15, 0.2) is 0 Å². The number of rotatable bonds is 2. The van der Waals surface area contributed by atoms with Crippen LogP contribution in [0.1, 0.15) is 13.3 Å². The van der Waals surface area contributed by atoms with E-state index in [4.69, 9.17) is 0 Å². The van der Waals surface area contributed by atoms with Gasteiger partial charge in [-0.05, 0) is 24.3 Å². The minimum atomic E-state index is -5.32. The number of nitrogens with zero attached hydrogens (tertiary/aromatic N) is 1. The molecular formula is C13H14F3NO3S. The van der Waals surface area contributed by atoms with E-state index < -0.39 is 20.2 Å². The van der Waals surface area contributed by atoms with Crippen LogP contribution in [0.5, 0.6) is 0 Å². The Morgan fingerprint density at radius 1 is 1.19 bits per heavy atom. The lowest BCUT2D eigenvalue weighted by molar-refractivity contribution is -0.122. The van der Waals surface area contributed by atoms with Gasteiger partial charge in [0, 0.05) is 31.1 Å². The fourth-order valence-electron chi connectivity index (χ4n) is 2.22. The molecule has 0 N–H and O–H groups in total. The van der Waals surface area contributed by atoms with Crippen LogP contribution in [-0.2, 0) is 14.6 Å². The van der Waals surface area contributed by atoms with Gasteiger partial charge < -0.3 is 4.90 Å². The first-order valence-corrected chi connectivity index (χ1v) is 7.80. The summed E-state index contributed by atoms with van der Waals surface area (Å²) < 4.78 is 59.8. The number of halogens is 3. The lowest BCUT2D eigenvalue weighted by Gasteiger charge is -2.32. The first kappa shape index (κ1) is 15.8. The summed E-state index contributed by atoms with van der Waals surface area (Å²) in [6, 6.07) is 4.56. The van der Waals surface area contributed by atoms with Crippen LogP contribution in [0.4, 0.5) is 18.9 Å². The maximum Gasteiger partial charge on any atom is 0.501 e. The molecule has 2 rings (SSSR count). The van der Waals surface area contributed by atoms with Gasteiger partial charge in [0.25, 0.3) is 9.84 Å². The van der Waals surface area contributed by atoms with E-state index in [1.165, 1.54) is 12.1 Å². The standard InChI is InChI=1S/C13H14F3NO3S/c1-9-8-17(7-6-12(9)18)10-2-4-11(5-3-10)21(19,20)13(14,15)16/h2-5,9H,6-8H2,1H3. The molecule has 1 unspecified atom stereocenters. The summed E-state index contributed by atoms with van der Waals surface area (Å²) in [4.78, 5) is 12.5. The van der Waals surface area contributed by atoms with Crippen LogP contribution < -0.4 is 4.90 Å². The molecule has 0 aliphatic carbocycles. The minimum Gasteiger partial charge on any atom is -0.370 e. The first-order chi connectivity index (χ1) is 9.63. The van der Waals surface area contributed by atoms with E-state index in [1.807, 2.05) is 4.90 Å². The maximum atomic E-state index is 12.4. The summed E-state index contributed by atoms with van der Waals surface area (Å²) in [6.45, 7) is 2.75. The third kappa shape index (κ3) is 3.04. The number of hydrogen-bond acceptors (Lipinski definition) is 4. The number of sulfone groups is 1. The van der Waals surface area contributed by atoms with Crippen molar-refractivity contribution in [1.82, 2.24) is 0 Å². The number of benzene rings is 1. The van der Waals surface area contributed by atoms with Crippen molar-refractivity contribution < 1.29 is 26.4 Å². The number of hydrogen-bond donors (Lipinski definition) is 0. The van der Waals surface area contributed by atoms with E-state index in [-0.39, 0.29) is 11.7 Å². The first-order valence-electron chi connectivity index (χ1n) is 6.32. The van der Waals surface area contributed by atoms with Gasteiger partial charge in [-0.15, -0.1) is 0 Å². The van der Waals surface area contributed by atoms with Gasteiger partial charge in [0.1, 0.15) is 5.78 Å². The van der Waals surface area contributed by atoms with Crippen molar-refractivity contribution in [2.75, 3.05) is 18.0 Å². The third-order valence-corrected chi connectivity index (χ3v) is 4.99. The van der Waals surface area contributed by atoms with Crippen molar-refractivity contribution in [3.63, 3.8) is 0 Å². The monoisotopic (exact) mass is 321 g/mol. The predicted octanol–water partition coefficient (Wildman–Crippen LogP) is 2.40. The summed E-state index contributed by atoms with van der Waals surface area (Å²) in [5.74, 6) is 0.0138. The molecule has 1 fully saturated rings. The zero-order chi connectivity index (χ0) is 15.8. The largest absolute Gasteiger partial charge is 0.501 e. The van der Waals surface area contributed by atoms with E-state index in [2.05, 4.69) is 0 Å². The highest BCUT2D eigenvalue weighted by atomic mass is 32.2. The Balaban J connectivity index is 2.22. The molecule has 1 saturated heterocycles. The predicted molar refractivity (Wildman–Crippen MR) is 70.7 cm³/mol. The van der Waals surface area contributed by atoms with Gasteiger partial charge in [-0.2, -0.15) is 13.2 Å². The van der Waals surface area contributed by atoms with Crippen LogP contribution in [0.15, 0.2) is 29.2 Å². The normalized spacial score (nSPS) is 20.7. The molecule has 1 aliphatic heterocycles. The van der Waals surface area contributed by atoms with Gasteiger partial charge in [-0.25, -0.2) is 8.42 Å². The second kappa shape index (κ2) is 5.32. The van der Waals surface area contributed by atoms with E-state index >= 15 is 0 Å². The van der Waals surface area contributed by atoms with Gasteiger partial charge >= 0.3 is 5.51 Å². The van der Waals surface area contributed by atoms with Crippen LogP contribution >= 0.6 is 0 Å². The average Bonchev–Trinajstić information content (AvgIpc) is 2.41. The van der Waals surface area contributed by atoms with Crippen LogP contribution in [0.3, 0.4) is 0 Å². The molecule has 1 aliphatic rings. The highest BCUT2D eigenvalue weighted by molar-refractivity contribution is 7.92. The molecule has 1 heterocycles. The minimum absolute atomic E-state index is 0.141. The molecule has 1 atom stereocenters. The van der Waals surface area contributed by atoms with Crippen LogP contribution in [-0.4, -0.2) is 32.8 Å². The summed E-state index contributed by atoms with van der Waals surface area (Å²) >= 11 is 0. The smallest absolute Gasteiger partial charge is 0.370 e. The second-order valence-electron chi connectivity index (χ2n) is 5.01. The quantitative estimate of drug-likeness (QED) is 0.839. The molecule has 0 saturated carbocycles. The number of ketones is 1. The van der Waals surface area contributed by atoms with Crippen molar-refractivity contribution in [3.8, 4) is 0 Å². The highest BCUT2D eigenvalue weighted by Gasteiger charge is 2.46. The van der Waals surface area contributed by atoms with Gasteiger partial charge in [-0.1, -0.05) is 6.92 Å². The fourth-order valence-corrected chi connectivity index (χ4v) is 2.98. The molecule has 0 amide bonds. The number of carbonyl (C=O) groups excluding carboxylic acids is 1. The summed E-state index contributed by atoms with van der Waals surface area (Å²) in [7, 11) is -5.32. The molecule has 0 bridgehead atoms. The molecular weight excluding hydrogens is 307 g/mol. The number of anilines is 1. The van der Waals surface area contributed by atoms with Gasteiger partial charge in [0.2, 0.25) is 0 Å². The fraction of sp³-hybridized carbons (Fsp3) is 0.462. The van der Waals surface area contributed by atoms with Crippen molar-refractivity contribution in [3.05, 3.63) is 24.3 Å². The Morgan fingerprint density at radius 2 is 1.76 bits per heavy atom. The van der Waals surface area contributed by atoms with Crippen molar-refractivity contribution >= 4 is 21.3 Å². The molecule has 1 aromatic rings. The molecule has 0 aromatic heterocycles. The van der Waals surface area contributed by atoms with E-state index in [1.54, 1.807) is 6.92 Å². The molecule has 21 heavy (non-hydrogen) atoms. The van der Waals surface area contributed by atoms with Crippen LogP contribution in [0.2, 0.25) is 0 Å². The number of Topliss-reactive ketones (excluding diaryl/α,β-unsaturated/α-hetero) is 1. The molecule has 0 spiro atoms. The summed E-state index contributed by atoms with van der Waals surface area (Å²) in [6.07, 6.45) is 0.379. The molecule has 116 valence electrons. The molecule has 8 heteroatoms. The topological polar surface area (TPSA) is 54.5 Å². The van der Waals surface area contributed by atoms with E-state index in [9.17, 15) is 26.4 Å². The molecule has 4 nitrogen and oxygen atoms in total. The Bertz CT molecular complexity index is 638. The molecule has 0 radical (unpaired) electrons. The van der Waals surface area contributed by atoms with Crippen molar-refractivity contribution in [2.45, 2.75) is 23.7 Å². The zero-order valence-corrected chi connectivity index (χ0v) is 12.0. The lowest BCUT2D eigenvalue weighted by Crippen LogP contribution is -2.39. The second-order valence-corrected chi connectivity index (χ2v) is 6.95. The molecule has 1 aromatic carbocycles. The van der Waals surface area contributed by atoms with Crippen molar-refractivity contribution in [2.24, 2.45) is 5.92 Å². The number of carbonyl (C=O) groups is 1. The Labute approximate surface area is 120 Å². The zero-order valence-electron chi connectivity index (χ0n) is 11.2. The van der Waals surface area contributed by atoms with Crippen molar-refractivity contribution in [1.29, 1.82) is 0 Å². The van der Waals surface area contributed by atoms with Crippen LogP contribution in [0, 0.1) is 5.92 Å². The number of piperidine rings is 1. The lowest BCUT2D eigenvalue weighted by atomic mass is 9.98. The highest BCUT2D eigenvalue weighted by Crippen LogP contribution is 2.31. The van der Waals surface area contributed by atoms with Gasteiger partial charge in [0.05, 0.1) is 4.90 Å².